The number of hydrogen-bond donors (Lipinski definition) is 0. The molecule has 0 aliphatic rings. The van der Waals surface area contributed by atoms with Gasteiger partial charge in [-0.2, -0.15) is 0 Å². The molecule has 0 atom stereocenters. The van der Waals surface area contributed by atoms with Gasteiger partial charge < -0.3 is 4.74 Å². The monoisotopic (exact) mass is 535 g/mol. The first-order valence-electron chi connectivity index (χ1n) is 11.3. The molecule has 182 valence electrons. The first kappa shape index (κ1) is 24.4. The summed E-state index contributed by atoms with van der Waals surface area (Å²) in [5, 5.41) is 0.508. The van der Waals surface area contributed by atoms with E-state index in [4.69, 9.17) is 21.9 Å². The molecule has 9 heteroatoms. The molecule has 0 radical (unpaired) electrons. The molecule has 5 aromatic rings. The minimum atomic E-state index is -0.297. The van der Waals surface area contributed by atoms with Crippen molar-refractivity contribution < 1.29 is 9.13 Å². The van der Waals surface area contributed by atoms with Crippen molar-refractivity contribution in [3.63, 3.8) is 0 Å². The number of fused-ring (bicyclic) bond motifs is 1. The standard InChI is InChI=1S/C27H22FN3O2S3/c1-3-33-22-13-11-20(12-14-22)30-24-23(36-27(30)34)25(32)31(21-9-7-17(2)8-10-21)26(29-24)35-16-18-5-4-6-19(28)15-18/h4-15H,3,16H2,1-2H3. The molecule has 36 heavy (non-hydrogen) atoms. The summed E-state index contributed by atoms with van der Waals surface area (Å²) in [7, 11) is 0. The van der Waals surface area contributed by atoms with Crippen LogP contribution in [-0.4, -0.2) is 20.7 Å². The van der Waals surface area contributed by atoms with E-state index in [1.54, 1.807) is 10.6 Å². The number of aromatic nitrogens is 3. The highest BCUT2D eigenvalue weighted by Gasteiger charge is 2.19. The molecular formula is C27H22FN3O2S3. The van der Waals surface area contributed by atoms with Gasteiger partial charge in [0.15, 0.2) is 14.8 Å². The van der Waals surface area contributed by atoms with Crippen molar-refractivity contribution in [2.24, 2.45) is 0 Å². The second-order valence-electron chi connectivity index (χ2n) is 8.07. The Kier molecular flexibility index (Phi) is 7.04. The summed E-state index contributed by atoms with van der Waals surface area (Å²) in [6.07, 6.45) is 0. The maximum absolute atomic E-state index is 13.8. The third-order valence-electron chi connectivity index (χ3n) is 5.53. The van der Waals surface area contributed by atoms with Crippen LogP contribution in [0.2, 0.25) is 0 Å². The fourth-order valence-corrected chi connectivity index (χ4v) is 6.06. The van der Waals surface area contributed by atoms with Crippen molar-refractivity contribution in [3.8, 4) is 17.1 Å². The number of thioether (sulfide) groups is 1. The van der Waals surface area contributed by atoms with Crippen LogP contribution in [0, 0.1) is 16.7 Å². The van der Waals surface area contributed by atoms with Crippen LogP contribution in [0.4, 0.5) is 4.39 Å². The zero-order valence-electron chi connectivity index (χ0n) is 19.6. The Balaban J connectivity index is 1.68. The fourth-order valence-electron chi connectivity index (χ4n) is 3.81. The van der Waals surface area contributed by atoms with Gasteiger partial charge in [-0.3, -0.25) is 13.9 Å². The predicted octanol–water partition coefficient (Wildman–Crippen LogP) is 7.11. The van der Waals surface area contributed by atoms with Gasteiger partial charge in [-0.25, -0.2) is 9.37 Å². The number of aryl methyl sites for hydroxylation is 1. The van der Waals surface area contributed by atoms with Gasteiger partial charge in [0.2, 0.25) is 0 Å². The Bertz CT molecular complexity index is 1660. The summed E-state index contributed by atoms with van der Waals surface area (Å²) in [4.78, 5) is 18.8. The summed E-state index contributed by atoms with van der Waals surface area (Å²) < 4.78 is 23.8. The molecule has 0 N–H and O–H groups in total. The van der Waals surface area contributed by atoms with E-state index in [0.29, 0.717) is 37.5 Å². The van der Waals surface area contributed by atoms with Crippen LogP contribution in [0.5, 0.6) is 5.75 Å². The average molecular weight is 536 g/mol. The summed E-state index contributed by atoms with van der Waals surface area (Å²) in [5.41, 5.74) is 3.73. The molecule has 0 unspecified atom stereocenters. The Hall–Kier alpha value is -3.27. The molecule has 0 saturated heterocycles. The maximum Gasteiger partial charge on any atom is 0.278 e. The van der Waals surface area contributed by atoms with E-state index >= 15 is 0 Å². The number of ether oxygens (including phenoxy) is 1. The van der Waals surface area contributed by atoms with Crippen LogP contribution >= 0.6 is 35.3 Å². The number of nitrogens with zero attached hydrogens (tertiary/aromatic N) is 3. The minimum Gasteiger partial charge on any atom is -0.494 e. The van der Waals surface area contributed by atoms with Crippen LogP contribution in [0.25, 0.3) is 21.7 Å². The van der Waals surface area contributed by atoms with E-state index in [1.165, 1.54) is 35.2 Å². The van der Waals surface area contributed by atoms with E-state index < -0.39 is 0 Å². The third kappa shape index (κ3) is 4.86. The second kappa shape index (κ2) is 10.4. The molecule has 0 amide bonds. The number of benzene rings is 3. The quantitative estimate of drug-likeness (QED) is 0.126. The Morgan fingerprint density at radius 3 is 2.42 bits per heavy atom. The van der Waals surface area contributed by atoms with E-state index in [-0.39, 0.29) is 11.4 Å². The molecule has 0 aliphatic heterocycles. The fraction of sp³-hybridized carbons (Fsp3) is 0.148. The Morgan fingerprint density at radius 1 is 1.03 bits per heavy atom. The lowest BCUT2D eigenvalue weighted by Crippen LogP contribution is -2.21. The van der Waals surface area contributed by atoms with Gasteiger partial charge in [-0.15, -0.1) is 0 Å². The predicted molar refractivity (Wildman–Crippen MR) is 147 cm³/mol. The van der Waals surface area contributed by atoms with Gasteiger partial charge in [-0.1, -0.05) is 52.9 Å². The molecule has 0 saturated carbocycles. The van der Waals surface area contributed by atoms with Crippen LogP contribution in [-0.2, 0) is 5.75 Å². The molecule has 2 aromatic heterocycles. The van der Waals surface area contributed by atoms with E-state index in [0.717, 1.165) is 22.6 Å². The molecule has 0 bridgehead atoms. The maximum atomic E-state index is 13.8. The van der Waals surface area contributed by atoms with Crippen molar-refractivity contribution in [1.29, 1.82) is 0 Å². The highest BCUT2D eigenvalue weighted by Crippen LogP contribution is 2.29. The molecule has 2 heterocycles. The lowest BCUT2D eigenvalue weighted by atomic mass is 10.2. The van der Waals surface area contributed by atoms with Gasteiger partial charge in [0.05, 0.1) is 12.3 Å². The summed E-state index contributed by atoms with van der Waals surface area (Å²) in [6, 6.07) is 21.7. The average Bonchev–Trinajstić information content (AvgIpc) is 3.20. The topological polar surface area (TPSA) is 49.0 Å². The Morgan fingerprint density at radius 2 is 1.72 bits per heavy atom. The molecule has 3 aromatic carbocycles. The van der Waals surface area contributed by atoms with Crippen molar-refractivity contribution in [2.45, 2.75) is 24.8 Å². The second-order valence-corrected chi connectivity index (χ2v) is 10.7. The SMILES string of the molecule is CCOc1ccc(-n2c(=S)sc3c(=O)n(-c4ccc(C)cc4)c(SCc4cccc(F)c4)nc32)cc1. The molecule has 5 rings (SSSR count). The first-order chi connectivity index (χ1) is 17.4. The van der Waals surface area contributed by atoms with Crippen molar-refractivity contribution in [3.05, 3.63) is 104 Å². The van der Waals surface area contributed by atoms with Crippen molar-refractivity contribution >= 4 is 45.7 Å². The van der Waals surface area contributed by atoms with Gasteiger partial charge in [0, 0.05) is 11.4 Å². The number of halogens is 1. The minimum absolute atomic E-state index is 0.189. The zero-order valence-corrected chi connectivity index (χ0v) is 22.1. The largest absolute Gasteiger partial charge is 0.494 e. The highest BCUT2D eigenvalue weighted by atomic mass is 32.2. The van der Waals surface area contributed by atoms with Crippen LogP contribution in [0.3, 0.4) is 0 Å². The molecule has 0 aliphatic carbocycles. The van der Waals surface area contributed by atoms with Crippen LogP contribution in [0.15, 0.2) is 82.7 Å². The number of hydrogen-bond acceptors (Lipinski definition) is 6. The lowest BCUT2D eigenvalue weighted by molar-refractivity contribution is 0.340. The van der Waals surface area contributed by atoms with E-state index in [1.807, 2.05) is 73.0 Å². The molecule has 0 spiro atoms. The highest BCUT2D eigenvalue weighted by molar-refractivity contribution is 7.98. The molecule has 0 fully saturated rings. The molecular weight excluding hydrogens is 514 g/mol. The Labute approximate surface area is 220 Å². The van der Waals surface area contributed by atoms with Gasteiger partial charge >= 0.3 is 0 Å². The van der Waals surface area contributed by atoms with Crippen molar-refractivity contribution in [2.75, 3.05) is 6.61 Å². The van der Waals surface area contributed by atoms with Gasteiger partial charge in [0.1, 0.15) is 16.3 Å². The van der Waals surface area contributed by atoms with E-state index in [9.17, 15) is 9.18 Å². The number of rotatable bonds is 7. The smallest absolute Gasteiger partial charge is 0.278 e. The van der Waals surface area contributed by atoms with E-state index in [2.05, 4.69) is 0 Å². The van der Waals surface area contributed by atoms with Crippen LogP contribution in [0.1, 0.15) is 18.1 Å². The molecule has 5 nitrogen and oxygen atoms in total. The normalized spacial score (nSPS) is 11.2. The lowest BCUT2D eigenvalue weighted by Gasteiger charge is -2.13. The summed E-state index contributed by atoms with van der Waals surface area (Å²) in [5.74, 6) is 0.915. The third-order valence-corrected chi connectivity index (χ3v) is 7.89. The zero-order chi connectivity index (χ0) is 25.2. The number of thiazole rings is 1. The van der Waals surface area contributed by atoms with Gasteiger partial charge in [-0.05, 0) is 80.2 Å². The van der Waals surface area contributed by atoms with Crippen molar-refractivity contribution in [1.82, 2.24) is 14.1 Å². The summed E-state index contributed by atoms with van der Waals surface area (Å²) in [6.45, 7) is 4.50. The summed E-state index contributed by atoms with van der Waals surface area (Å²) >= 11 is 8.29. The van der Waals surface area contributed by atoms with Crippen LogP contribution < -0.4 is 10.3 Å². The first-order valence-corrected chi connectivity index (χ1v) is 13.5. The van der Waals surface area contributed by atoms with Gasteiger partial charge in [0.25, 0.3) is 5.56 Å².